The lowest BCUT2D eigenvalue weighted by atomic mass is 10.1. The summed E-state index contributed by atoms with van der Waals surface area (Å²) in [6, 6.07) is 13.7. The van der Waals surface area contributed by atoms with Crippen molar-refractivity contribution in [1.82, 2.24) is 13.9 Å². The van der Waals surface area contributed by atoms with Gasteiger partial charge in [0.25, 0.3) is 10.0 Å². The Labute approximate surface area is 164 Å². The van der Waals surface area contributed by atoms with Crippen molar-refractivity contribution in [1.29, 1.82) is 0 Å². The number of rotatable bonds is 4. The fourth-order valence-corrected chi connectivity index (χ4v) is 4.78. The number of methoxy groups -OCH3 is 1. The molecule has 6 nitrogen and oxygen atoms in total. The molecule has 0 bridgehead atoms. The van der Waals surface area contributed by atoms with Crippen molar-refractivity contribution >= 4 is 21.1 Å². The number of fused-ring (bicyclic) bond motifs is 1. The third-order valence-electron chi connectivity index (χ3n) is 4.84. The molecule has 3 aromatic rings. The molecule has 0 amide bonds. The highest BCUT2D eigenvalue weighted by Crippen LogP contribution is 2.32. The van der Waals surface area contributed by atoms with Crippen molar-refractivity contribution in [3.05, 3.63) is 84.0 Å². The minimum Gasteiger partial charge on any atom is -0.497 e. The zero-order chi connectivity index (χ0) is 19.9. The van der Waals surface area contributed by atoms with Crippen molar-refractivity contribution in [3.8, 4) is 0 Å². The van der Waals surface area contributed by atoms with Gasteiger partial charge < -0.3 is 9.64 Å². The molecule has 0 saturated heterocycles. The Bertz CT molecular complexity index is 1190. The van der Waals surface area contributed by atoms with E-state index < -0.39 is 10.0 Å². The zero-order valence-electron chi connectivity index (χ0n) is 15.9. The summed E-state index contributed by atoms with van der Waals surface area (Å²) in [6.45, 7) is 1.93. The van der Waals surface area contributed by atoms with Crippen molar-refractivity contribution in [2.75, 3.05) is 14.2 Å². The number of hydrogen-bond donors (Lipinski definition) is 0. The van der Waals surface area contributed by atoms with Gasteiger partial charge in [-0.1, -0.05) is 29.8 Å². The highest BCUT2D eigenvalue weighted by molar-refractivity contribution is 7.90. The third-order valence-corrected chi connectivity index (χ3v) is 6.57. The maximum atomic E-state index is 13.6. The smallest absolute Gasteiger partial charge is 0.269 e. The highest BCUT2D eigenvalue weighted by Gasteiger charge is 2.30. The van der Waals surface area contributed by atoms with Gasteiger partial charge in [-0.05, 0) is 43.3 Å². The maximum absolute atomic E-state index is 13.6. The highest BCUT2D eigenvalue weighted by atomic mass is 32.2. The minimum absolute atomic E-state index is 0.229. The molecule has 28 heavy (non-hydrogen) atoms. The van der Waals surface area contributed by atoms with E-state index in [4.69, 9.17) is 4.74 Å². The number of nitrogens with zero attached hydrogens (tertiary/aromatic N) is 3. The van der Waals surface area contributed by atoms with E-state index in [1.807, 2.05) is 55.4 Å². The second-order valence-corrected chi connectivity index (χ2v) is 8.53. The van der Waals surface area contributed by atoms with Gasteiger partial charge in [-0.25, -0.2) is 17.4 Å². The summed E-state index contributed by atoms with van der Waals surface area (Å²) in [6.07, 6.45) is 5.55. The lowest BCUT2D eigenvalue weighted by Crippen LogP contribution is -2.26. The summed E-state index contributed by atoms with van der Waals surface area (Å²) in [5.74, 6) is 1.08. The van der Waals surface area contributed by atoms with Gasteiger partial charge in [-0.2, -0.15) is 0 Å². The SMILES string of the molecule is COC1=CC(c2nc3ccccc3n2S(=O)(=O)c2ccc(C)cc2)N(C)C=C1. The van der Waals surface area contributed by atoms with Crippen LogP contribution >= 0.6 is 0 Å². The Morgan fingerprint density at radius 2 is 1.79 bits per heavy atom. The van der Waals surface area contributed by atoms with Crippen LogP contribution in [0.2, 0.25) is 0 Å². The molecule has 7 heteroatoms. The number of ether oxygens (including phenoxy) is 1. The number of aryl methyl sites for hydroxylation is 1. The van der Waals surface area contributed by atoms with Crippen molar-refractivity contribution in [3.63, 3.8) is 0 Å². The summed E-state index contributed by atoms with van der Waals surface area (Å²) >= 11 is 0. The molecule has 1 aliphatic heterocycles. The number of imidazole rings is 1. The Kier molecular flexibility index (Phi) is 4.47. The molecule has 0 fully saturated rings. The molecule has 1 unspecified atom stereocenters. The van der Waals surface area contributed by atoms with Crippen LogP contribution in [0.25, 0.3) is 11.0 Å². The number of benzene rings is 2. The van der Waals surface area contributed by atoms with E-state index in [-0.39, 0.29) is 10.9 Å². The number of aromatic nitrogens is 2. The van der Waals surface area contributed by atoms with Gasteiger partial charge >= 0.3 is 0 Å². The monoisotopic (exact) mass is 395 g/mol. The van der Waals surface area contributed by atoms with Crippen LogP contribution in [0.15, 0.2) is 77.5 Å². The van der Waals surface area contributed by atoms with Gasteiger partial charge in [0.2, 0.25) is 0 Å². The first kappa shape index (κ1) is 18.3. The van der Waals surface area contributed by atoms with Crippen LogP contribution in [0.3, 0.4) is 0 Å². The van der Waals surface area contributed by atoms with Gasteiger partial charge in [0.15, 0.2) is 5.82 Å². The van der Waals surface area contributed by atoms with E-state index in [9.17, 15) is 8.42 Å². The molecule has 2 heterocycles. The largest absolute Gasteiger partial charge is 0.497 e. The lowest BCUT2D eigenvalue weighted by Gasteiger charge is -2.27. The van der Waals surface area contributed by atoms with Crippen LogP contribution in [0.1, 0.15) is 17.4 Å². The Hall–Kier alpha value is -3.06. The lowest BCUT2D eigenvalue weighted by molar-refractivity contribution is 0.281. The standard InChI is InChI=1S/C21H21N3O3S/c1-15-8-10-17(11-9-15)28(25,26)24-19-7-5-4-6-18(19)22-21(24)20-14-16(27-3)12-13-23(20)2/h4-14,20H,1-3H3. The van der Waals surface area contributed by atoms with Crippen LogP contribution in [0.4, 0.5) is 0 Å². The number of likely N-dealkylation sites (N-methyl/N-ethyl adjacent to an activating group) is 1. The van der Waals surface area contributed by atoms with Crippen LogP contribution in [0, 0.1) is 6.92 Å². The molecule has 1 atom stereocenters. The quantitative estimate of drug-likeness (QED) is 0.675. The first-order valence-corrected chi connectivity index (χ1v) is 10.3. The summed E-state index contributed by atoms with van der Waals surface area (Å²) in [7, 11) is -0.364. The van der Waals surface area contributed by atoms with Gasteiger partial charge in [-0.15, -0.1) is 0 Å². The van der Waals surface area contributed by atoms with E-state index in [0.29, 0.717) is 22.6 Å². The zero-order valence-corrected chi connectivity index (χ0v) is 16.7. The normalized spacial score (nSPS) is 17.0. The Balaban J connectivity index is 1.98. The molecule has 0 N–H and O–H groups in total. The third kappa shape index (κ3) is 2.97. The minimum atomic E-state index is -3.83. The molecule has 4 rings (SSSR count). The number of para-hydroxylation sites is 2. The van der Waals surface area contributed by atoms with Crippen LogP contribution in [-0.4, -0.2) is 36.4 Å². The molecule has 2 aromatic carbocycles. The molecular weight excluding hydrogens is 374 g/mol. The van der Waals surface area contributed by atoms with E-state index >= 15 is 0 Å². The predicted molar refractivity (Wildman–Crippen MR) is 108 cm³/mol. The molecule has 0 spiro atoms. The van der Waals surface area contributed by atoms with Crippen molar-refractivity contribution in [2.45, 2.75) is 17.9 Å². The molecule has 144 valence electrons. The molecule has 1 aromatic heterocycles. The number of hydrogen-bond acceptors (Lipinski definition) is 5. The summed E-state index contributed by atoms with van der Waals surface area (Å²) in [5, 5.41) is 0. The fourth-order valence-electron chi connectivity index (χ4n) is 3.28. The predicted octanol–water partition coefficient (Wildman–Crippen LogP) is 3.61. The van der Waals surface area contributed by atoms with Gasteiger partial charge in [0.05, 0.1) is 23.0 Å². The van der Waals surface area contributed by atoms with E-state index in [0.717, 1.165) is 5.56 Å². The second-order valence-electron chi connectivity index (χ2n) is 6.74. The average Bonchev–Trinajstić information content (AvgIpc) is 3.09. The van der Waals surface area contributed by atoms with E-state index in [1.165, 1.54) is 3.97 Å². The first-order valence-electron chi connectivity index (χ1n) is 8.87. The maximum Gasteiger partial charge on any atom is 0.269 e. The second kappa shape index (κ2) is 6.83. The molecule has 0 aliphatic carbocycles. The average molecular weight is 395 g/mol. The fraction of sp³-hybridized carbons (Fsp3) is 0.190. The van der Waals surface area contributed by atoms with Crippen molar-refractivity contribution in [2.24, 2.45) is 0 Å². The van der Waals surface area contributed by atoms with E-state index in [1.54, 1.807) is 37.4 Å². The van der Waals surface area contributed by atoms with Gasteiger partial charge in [0.1, 0.15) is 11.8 Å². The summed E-state index contributed by atoms with van der Waals surface area (Å²) < 4.78 is 33.8. The molecule has 0 saturated carbocycles. The first-order chi connectivity index (χ1) is 13.4. The van der Waals surface area contributed by atoms with Crippen LogP contribution in [0.5, 0.6) is 0 Å². The molecule has 1 aliphatic rings. The molecular formula is C21H21N3O3S. The van der Waals surface area contributed by atoms with Gasteiger partial charge in [-0.3, -0.25) is 0 Å². The van der Waals surface area contributed by atoms with Gasteiger partial charge in [0, 0.05) is 13.2 Å². The summed E-state index contributed by atoms with van der Waals surface area (Å²) in [5.41, 5.74) is 2.18. The van der Waals surface area contributed by atoms with E-state index in [2.05, 4.69) is 4.98 Å². The number of allylic oxidation sites excluding steroid dienone is 1. The van der Waals surface area contributed by atoms with Crippen LogP contribution in [-0.2, 0) is 14.8 Å². The topological polar surface area (TPSA) is 64.4 Å². The van der Waals surface area contributed by atoms with Crippen LogP contribution < -0.4 is 0 Å². The summed E-state index contributed by atoms with van der Waals surface area (Å²) in [4.78, 5) is 6.81. The Morgan fingerprint density at radius 1 is 1.07 bits per heavy atom. The Morgan fingerprint density at radius 3 is 2.50 bits per heavy atom. The molecule has 0 radical (unpaired) electrons. The van der Waals surface area contributed by atoms with Crippen molar-refractivity contribution < 1.29 is 13.2 Å².